The standard InChI is InChI=1S/C21H15FN4O2/c22-16-8-4-7-15(12-16)20-25-19(26-28-20)14-6-5-11-18(13-14)24-21(27)23-17-9-2-1-3-10-17/h1-13H,(H2,23,24,27). The molecule has 4 rings (SSSR count). The fourth-order valence-electron chi connectivity index (χ4n) is 2.63. The van der Waals surface area contributed by atoms with E-state index in [0.717, 1.165) is 0 Å². The van der Waals surface area contributed by atoms with Crippen molar-refractivity contribution in [2.75, 3.05) is 10.6 Å². The lowest BCUT2D eigenvalue weighted by Gasteiger charge is -2.08. The molecule has 0 aliphatic rings. The van der Waals surface area contributed by atoms with Gasteiger partial charge in [0.15, 0.2) is 0 Å². The van der Waals surface area contributed by atoms with Crippen LogP contribution >= 0.6 is 0 Å². The molecule has 0 radical (unpaired) electrons. The number of amides is 2. The van der Waals surface area contributed by atoms with Crippen molar-refractivity contribution in [3.8, 4) is 22.8 Å². The highest BCUT2D eigenvalue weighted by atomic mass is 19.1. The Bertz CT molecular complexity index is 1110. The Labute approximate surface area is 160 Å². The molecular weight excluding hydrogens is 359 g/mol. The molecule has 138 valence electrons. The zero-order valence-electron chi connectivity index (χ0n) is 14.6. The van der Waals surface area contributed by atoms with E-state index in [-0.39, 0.29) is 17.7 Å². The van der Waals surface area contributed by atoms with Crippen LogP contribution in [0, 0.1) is 5.82 Å². The molecule has 2 amide bonds. The fraction of sp³-hybridized carbons (Fsp3) is 0. The van der Waals surface area contributed by atoms with Crippen molar-refractivity contribution in [2.24, 2.45) is 0 Å². The van der Waals surface area contributed by atoms with Gasteiger partial charge in [0, 0.05) is 22.5 Å². The number of urea groups is 1. The highest BCUT2D eigenvalue weighted by Gasteiger charge is 2.12. The van der Waals surface area contributed by atoms with Crippen LogP contribution in [-0.4, -0.2) is 16.2 Å². The van der Waals surface area contributed by atoms with Crippen molar-refractivity contribution in [1.29, 1.82) is 0 Å². The molecule has 0 saturated heterocycles. The fourth-order valence-corrected chi connectivity index (χ4v) is 2.63. The van der Waals surface area contributed by atoms with E-state index in [0.29, 0.717) is 28.3 Å². The third kappa shape index (κ3) is 4.04. The van der Waals surface area contributed by atoms with Gasteiger partial charge in [-0.1, -0.05) is 41.6 Å². The van der Waals surface area contributed by atoms with Crippen LogP contribution in [0.15, 0.2) is 83.4 Å². The van der Waals surface area contributed by atoms with Crippen LogP contribution in [0.5, 0.6) is 0 Å². The molecule has 28 heavy (non-hydrogen) atoms. The summed E-state index contributed by atoms with van der Waals surface area (Å²) in [6, 6.07) is 21.7. The molecule has 2 N–H and O–H groups in total. The Morgan fingerprint density at radius 2 is 1.54 bits per heavy atom. The van der Waals surface area contributed by atoms with Crippen molar-refractivity contribution in [3.63, 3.8) is 0 Å². The van der Waals surface area contributed by atoms with E-state index < -0.39 is 0 Å². The number of rotatable bonds is 4. The summed E-state index contributed by atoms with van der Waals surface area (Å²) in [6.07, 6.45) is 0. The first-order valence-corrected chi connectivity index (χ1v) is 8.50. The van der Waals surface area contributed by atoms with Crippen LogP contribution < -0.4 is 10.6 Å². The Balaban J connectivity index is 1.50. The molecule has 1 heterocycles. The molecule has 6 nitrogen and oxygen atoms in total. The summed E-state index contributed by atoms with van der Waals surface area (Å²) in [5.74, 6) is 0.175. The summed E-state index contributed by atoms with van der Waals surface area (Å²) in [6.45, 7) is 0. The van der Waals surface area contributed by atoms with Gasteiger partial charge in [-0.25, -0.2) is 9.18 Å². The predicted molar refractivity (Wildman–Crippen MR) is 104 cm³/mol. The third-order valence-corrected chi connectivity index (χ3v) is 3.91. The van der Waals surface area contributed by atoms with E-state index in [9.17, 15) is 9.18 Å². The highest BCUT2D eigenvalue weighted by molar-refractivity contribution is 6.00. The number of halogens is 1. The third-order valence-electron chi connectivity index (χ3n) is 3.91. The van der Waals surface area contributed by atoms with E-state index in [4.69, 9.17) is 4.52 Å². The van der Waals surface area contributed by atoms with Crippen LogP contribution in [0.25, 0.3) is 22.8 Å². The number of benzene rings is 3. The van der Waals surface area contributed by atoms with Gasteiger partial charge in [-0.2, -0.15) is 4.98 Å². The number of hydrogen-bond acceptors (Lipinski definition) is 4. The second-order valence-corrected chi connectivity index (χ2v) is 5.96. The summed E-state index contributed by atoms with van der Waals surface area (Å²) >= 11 is 0. The van der Waals surface area contributed by atoms with Crippen LogP contribution in [0.1, 0.15) is 0 Å². The van der Waals surface area contributed by atoms with Crippen molar-refractivity contribution in [2.45, 2.75) is 0 Å². The second-order valence-electron chi connectivity index (χ2n) is 5.96. The SMILES string of the molecule is O=C(Nc1ccccc1)Nc1cccc(-c2noc(-c3cccc(F)c3)n2)c1. The molecule has 3 aromatic carbocycles. The first kappa shape index (κ1) is 17.4. The van der Waals surface area contributed by atoms with Crippen molar-refractivity contribution in [1.82, 2.24) is 10.1 Å². The average molecular weight is 374 g/mol. The lowest BCUT2D eigenvalue weighted by molar-refractivity contribution is 0.262. The van der Waals surface area contributed by atoms with Gasteiger partial charge in [0.2, 0.25) is 5.82 Å². The summed E-state index contributed by atoms with van der Waals surface area (Å²) in [5, 5.41) is 9.45. The van der Waals surface area contributed by atoms with Crippen LogP contribution in [0.3, 0.4) is 0 Å². The number of aromatic nitrogens is 2. The molecule has 0 bridgehead atoms. The van der Waals surface area contributed by atoms with Gasteiger partial charge in [-0.15, -0.1) is 0 Å². The number of anilines is 2. The molecule has 4 aromatic rings. The van der Waals surface area contributed by atoms with E-state index in [2.05, 4.69) is 20.8 Å². The molecule has 0 spiro atoms. The summed E-state index contributed by atoms with van der Waals surface area (Å²) in [7, 11) is 0. The average Bonchev–Trinajstić information content (AvgIpc) is 3.19. The van der Waals surface area contributed by atoms with Gasteiger partial charge >= 0.3 is 6.03 Å². The Morgan fingerprint density at radius 3 is 2.36 bits per heavy atom. The highest BCUT2D eigenvalue weighted by Crippen LogP contribution is 2.24. The number of para-hydroxylation sites is 1. The summed E-state index contributed by atoms with van der Waals surface area (Å²) < 4.78 is 18.6. The van der Waals surface area contributed by atoms with E-state index in [1.807, 2.05) is 18.2 Å². The van der Waals surface area contributed by atoms with Crippen LogP contribution in [-0.2, 0) is 0 Å². The Hall–Kier alpha value is -4.00. The van der Waals surface area contributed by atoms with Gasteiger partial charge in [0.1, 0.15) is 5.82 Å². The predicted octanol–water partition coefficient (Wildman–Crippen LogP) is 5.19. The smallest absolute Gasteiger partial charge is 0.323 e. The number of carbonyl (C=O) groups excluding carboxylic acids is 1. The Kier molecular flexibility index (Phi) is 4.79. The quantitative estimate of drug-likeness (QED) is 0.515. The van der Waals surface area contributed by atoms with Crippen molar-refractivity contribution < 1.29 is 13.7 Å². The van der Waals surface area contributed by atoms with Crippen molar-refractivity contribution >= 4 is 17.4 Å². The molecule has 0 aliphatic carbocycles. The normalized spacial score (nSPS) is 10.5. The maximum atomic E-state index is 13.4. The van der Waals surface area contributed by atoms with Gasteiger partial charge in [0.25, 0.3) is 5.89 Å². The molecule has 1 aromatic heterocycles. The second kappa shape index (κ2) is 7.71. The number of nitrogens with zero attached hydrogens (tertiary/aromatic N) is 2. The monoisotopic (exact) mass is 374 g/mol. The number of hydrogen-bond donors (Lipinski definition) is 2. The minimum Gasteiger partial charge on any atom is -0.334 e. The zero-order chi connectivity index (χ0) is 19.3. The topological polar surface area (TPSA) is 80.0 Å². The van der Waals surface area contributed by atoms with Gasteiger partial charge < -0.3 is 15.2 Å². The summed E-state index contributed by atoms with van der Waals surface area (Å²) in [4.78, 5) is 16.5. The number of nitrogens with one attached hydrogen (secondary N) is 2. The van der Waals surface area contributed by atoms with E-state index >= 15 is 0 Å². The lowest BCUT2D eigenvalue weighted by Crippen LogP contribution is -2.19. The molecule has 0 aliphatic heterocycles. The Morgan fingerprint density at radius 1 is 0.821 bits per heavy atom. The maximum absolute atomic E-state index is 13.4. The first-order valence-electron chi connectivity index (χ1n) is 8.50. The summed E-state index contributed by atoms with van der Waals surface area (Å²) in [5.41, 5.74) is 2.41. The van der Waals surface area contributed by atoms with E-state index in [1.165, 1.54) is 12.1 Å². The number of carbonyl (C=O) groups is 1. The molecular formula is C21H15FN4O2. The van der Waals surface area contributed by atoms with Crippen LogP contribution in [0.4, 0.5) is 20.6 Å². The minimum atomic E-state index is -0.382. The van der Waals surface area contributed by atoms with Gasteiger partial charge in [0.05, 0.1) is 0 Å². The maximum Gasteiger partial charge on any atom is 0.323 e. The largest absolute Gasteiger partial charge is 0.334 e. The molecule has 0 saturated carbocycles. The lowest BCUT2D eigenvalue weighted by atomic mass is 10.2. The molecule has 0 atom stereocenters. The zero-order valence-corrected chi connectivity index (χ0v) is 14.6. The molecule has 0 unspecified atom stereocenters. The molecule has 0 fully saturated rings. The van der Waals surface area contributed by atoms with Crippen LogP contribution in [0.2, 0.25) is 0 Å². The van der Waals surface area contributed by atoms with Gasteiger partial charge in [-0.3, -0.25) is 0 Å². The van der Waals surface area contributed by atoms with E-state index in [1.54, 1.807) is 48.5 Å². The first-order chi connectivity index (χ1) is 13.7. The van der Waals surface area contributed by atoms with Gasteiger partial charge in [-0.05, 0) is 42.5 Å². The minimum absolute atomic E-state index is 0.217. The van der Waals surface area contributed by atoms with Crippen molar-refractivity contribution in [3.05, 3.63) is 84.7 Å². The molecule has 7 heteroatoms.